The Bertz CT molecular complexity index is 468. The lowest BCUT2D eigenvalue weighted by atomic mass is 9.98. The summed E-state index contributed by atoms with van der Waals surface area (Å²) in [5.41, 5.74) is 0.379. The molecule has 0 radical (unpaired) electrons. The first-order chi connectivity index (χ1) is 8.89. The van der Waals surface area contributed by atoms with Gasteiger partial charge in [-0.15, -0.1) is 0 Å². The van der Waals surface area contributed by atoms with Gasteiger partial charge < -0.3 is 10.2 Å². The van der Waals surface area contributed by atoms with E-state index in [0.717, 1.165) is 25.9 Å². The van der Waals surface area contributed by atoms with Crippen LogP contribution < -0.4 is 0 Å². The largest absolute Gasteiger partial charge is 0.478 e. The maximum atomic E-state index is 11.1. The number of carbonyl (C=O) groups is 1. The third-order valence-electron chi connectivity index (χ3n) is 3.82. The monoisotopic (exact) mass is 267 g/mol. The molecule has 0 aromatic carbocycles. The van der Waals surface area contributed by atoms with Crippen molar-refractivity contribution in [2.24, 2.45) is 7.05 Å². The van der Waals surface area contributed by atoms with Gasteiger partial charge in [0.25, 0.3) is 0 Å². The Hall–Kier alpha value is -1.40. The Morgan fingerprint density at radius 1 is 1.47 bits per heavy atom. The van der Waals surface area contributed by atoms with E-state index in [1.807, 2.05) is 6.92 Å². The quantitative estimate of drug-likeness (QED) is 0.849. The summed E-state index contributed by atoms with van der Waals surface area (Å²) in [5.74, 6) is -0.940. The average molecular weight is 267 g/mol. The van der Waals surface area contributed by atoms with Crippen LogP contribution in [0.25, 0.3) is 0 Å². The van der Waals surface area contributed by atoms with Gasteiger partial charge in [-0.2, -0.15) is 5.10 Å². The first-order valence-corrected chi connectivity index (χ1v) is 6.58. The fraction of sp³-hybridized carbons (Fsp3) is 0.692. The van der Waals surface area contributed by atoms with Crippen LogP contribution in [-0.2, 0) is 13.6 Å². The molecule has 1 aromatic heterocycles. The number of hydrogen-bond donors (Lipinski definition) is 2. The lowest BCUT2D eigenvalue weighted by molar-refractivity contribution is 0.0442. The van der Waals surface area contributed by atoms with Gasteiger partial charge >= 0.3 is 5.97 Å². The second kappa shape index (κ2) is 5.30. The SMILES string of the molecule is Cn1ncc(C(=O)O)c1CN1CCCC(C)(O)CC1. The first kappa shape index (κ1) is 14.0. The molecule has 2 N–H and O–H groups in total. The number of aromatic nitrogens is 2. The molecule has 0 amide bonds. The van der Waals surface area contributed by atoms with Crippen LogP contribution in [0.2, 0.25) is 0 Å². The molecular weight excluding hydrogens is 246 g/mol. The molecule has 0 aliphatic carbocycles. The maximum Gasteiger partial charge on any atom is 0.339 e. The first-order valence-electron chi connectivity index (χ1n) is 6.58. The summed E-state index contributed by atoms with van der Waals surface area (Å²) >= 11 is 0. The number of aryl methyl sites for hydroxylation is 1. The van der Waals surface area contributed by atoms with E-state index in [1.165, 1.54) is 6.20 Å². The van der Waals surface area contributed by atoms with Crippen LogP contribution in [0.4, 0.5) is 0 Å². The molecule has 0 bridgehead atoms. The van der Waals surface area contributed by atoms with Gasteiger partial charge in [-0.25, -0.2) is 4.79 Å². The predicted octanol–water partition coefficient (Wildman–Crippen LogP) is 0.855. The Balaban J connectivity index is 2.09. The van der Waals surface area contributed by atoms with Crippen LogP contribution in [0.3, 0.4) is 0 Å². The minimum Gasteiger partial charge on any atom is -0.478 e. The van der Waals surface area contributed by atoms with Crippen molar-refractivity contribution in [2.45, 2.75) is 38.3 Å². The van der Waals surface area contributed by atoms with E-state index in [2.05, 4.69) is 10.00 Å². The molecule has 2 heterocycles. The summed E-state index contributed by atoms with van der Waals surface area (Å²) in [6.07, 6.45) is 3.83. The van der Waals surface area contributed by atoms with Crippen molar-refractivity contribution < 1.29 is 15.0 Å². The highest BCUT2D eigenvalue weighted by Gasteiger charge is 2.26. The Morgan fingerprint density at radius 3 is 2.89 bits per heavy atom. The van der Waals surface area contributed by atoms with Crippen molar-refractivity contribution in [1.29, 1.82) is 0 Å². The van der Waals surface area contributed by atoms with Gasteiger partial charge in [0.15, 0.2) is 0 Å². The van der Waals surface area contributed by atoms with Gasteiger partial charge in [-0.3, -0.25) is 9.58 Å². The number of aliphatic hydroxyl groups is 1. The standard InChI is InChI=1S/C13H21N3O3/c1-13(19)4-3-6-16(7-5-13)9-11-10(12(17)18)8-14-15(11)2/h8,19H,3-7,9H2,1-2H3,(H,17,18). The van der Waals surface area contributed by atoms with Crippen LogP contribution in [0.15, 0.2) is 6.20 Å². The summed E-state index contributed by atoms with van der Waals surface area (Å²) in [6, 6.07) is 0. The van der Waals surface area contributed by atoms with Crippen molar-refractivity contribution in [3.8, 4) is 0 Å². The number of nitrogens with zero attached hydrogens (tertiary/aromatic N) is 3. The van der Waals surface area contributed by atoms with Gasteiger partial charge in [0, 0.05) is 20.1 Å². The van der Waals surface area contributed by atoms with E-state index in [9.17, 15) is 9.90 Å². The maximum absolute atomic E-state index is 11.1. The normalized spacial score (nSPS) is 25.2. The molecule has 0 spiro atoms. The topological polar surface area (TPSA) is 78.6 Å². The minimum atomic E-state index is -0.940. The number of likely N-dealkylation sites (tertiary alicyclic amines) is 1. The number of carboxylic acids is 1. The molecule has 1 aliphatic heterocycles. The fourth-order valence-electron chi connectivity index (χ4n) is 2.52. The third kappa shape index (κ3) is 3.33. The minimum absolute atomic E-state index is 0.263. The van der Waals surface area contributed by atoms with Gasteiger partial charge in [0.05, 0.1) is 17.5 Å². The zero-order valence-electron chi connectivity index (χ0n) is 11.5. The van der Waals surface area contributed by atoms with Crippen LogP contribution in [0, 0.1) is 0 Å². The van der Waals surface area contributed by atoms with Crippen LogP contribution >= 0.6 is 0 Å². The van der Waals surface area contributed by atoms with E-state index < -0.39 is 11.6 Å². The Kier molecular flexibility index (Phi) is 3.91. The molecule has 1 aliphatic rings. The van der Waals surface area contributed by atoms with Crippen molar-refractivity contribution in [1.82, 2.24) is 14.7 Å². The molecule has 1 aromatic rings. The number of hydrogen-bond acceptors (Lipinski definition) is 4. The van der Waals surface area contributed by atoms with Crippen molar-refractivity contribution in [2.75, 3.05) is 13.1 Å². The van der Waals surface area contributed by atoms with Gasteiger partial charge in [0.1, 0.15) is 5.56 Å². The molecule has 0 saturated carbocycles. The van der Waals surface area contributed by atoms with Crippen molar-refractivity contribution in [3.63, 3.8) is 0 Å². The van der Waals surface area contributed by atoms with E-state index in [1.54, 1.807) is 11.7 Å². The zero-order chi connectivity index (χ0) is 14.0. The third-order valence-corrected chi connectivity index (χ3v) is 3.82. The van der Waals surface area contributed by atoms with Crippen molar-refractivity contribution in [3.05, 3.63) is 17.5 Å². The molecule has 1 atom stereocenters. The smallest absolute Gasteiger partial charge is 0.339 e. The second-order valence-corrected chi connectivity index (χ2v) is 5.56. The van der Waals surface area contributed by atoms with Gasteiger partial charge in [-0.05, 0) is 32.7 Å². The molecule has 19 heavy (non-hydrogen) atoms. The van der Waals surface area contributed by atoms with Gasteiger partial charge in [0.2, 0.25) is 0 Å². The van der Waals surface area contributed by atoms with E-state index >= 15 is 0 Å². The van der Waals surface area contributed by atoms with Crippen LogP contribution in [-0.4, -0.2) is 49.6 Å². The Morgan fingerprint density at radius 2 is 2.21 bits per heavy atom. The fourth-order valence-corrected chi connectivity index (χ4v) is 2.52. The predicted molar refractivity (Wildman–Crippen MR) is 69.9 cm³/mol. The lowest BCUT2D eigenvalue weighted by Crippen LogP contribution is -2.29. The number of carboxylic acid groups (broad SMARTS) is 1. The zero-order valence-corrected chi connectivity index (χ0v) is 11.5. The summed E-state index contributed by atoms with van der Waals surface area (Å²) in [5, 5.41) is 23.2. The summed E-state index contributed by atoms with van der Waals surface area (Å²) < 4.78 is 1.62. The van der Waals surface area contributed by atoms with E-state index in [-0.39, 0.29) is 5.56 Å². The molecule has 6 heteroatoms. The average Bonchev–Trinajstić information content (AvgIpc) is 2.58. The van der Waals surface area contributed by atoms with E-state index in [0.29, 0.717) is 18.7 Å². The lowest BCUT2D eigenvalue weighted by Gasteiger charge is -2.22. The van der Waals surface area contributed by atoms with Crippen LogP contribution in [0.5, 0.6) is 0 Å². The highest BCUT2D eigenvalue weighted by molar-refractivity contribution is 5.88. The summed E-state index contributed by atoms with van der Waals surface area (Å²) in [6.45, 7) is 4.08. The summed E-state index contributed by atoms with van der Waals surface area (Å²) in [7, 11) is 1.76. The number of rotatable bonds is 3. The highest BCUT2D eigenvalue weighted by atomic mass is 16.4. The molecule has 6 nitrogen and oxygen atoms in total. The van der Waals surface area contributed by atoms with E-state index in [4.69, 9.17) is 5.11 Å². The molecule has 2 rings (SSSR count). The molecular formula is C13H21N3O3. The molecule has 1 fully saturated rings. The van der Waals surface area contributed by atoms with Gasteiger partial charge in [-0.1, -0.05) is 0 Å². The molecule has 1 unspecified atom stereocenters. The molecule has 1 saturated heterocycles. The van der Waals surface area contributed by atoms with Crippen molar-refractivity contribution >= 4 is 5.97 Å². The Labute approximate surface area is 112 Å². The second-order valence-electron chi connectivity index (χ2n) is 5.56. The van der Waals surface area contributed by atoms with Crippen LogP contribution in [0.1, 0.15) is 42.2 Å². The number of aromatic carboxylic acids is 1. The summed E-state index contributed by atoms with van der Waals surface area (Å²) in [4.78, 5) is 13.3. The molecule has 106 valence electrons. The highest BCUT2D eigenvalue weighted by Crippen LogP contribution is 2.22.